The Bertz CT molecular complexity index is 314. The molecule has 0 aliphatic heterocycles. The van der Waals surface area contributed by atoms with Crippen molar-refractivity contribution in [1.82, 2.24) is 0 Å². The fourth-order valence-corrected chi connectivity index (χ4v) is 1.56. The highest BCUT2D eigenvalue weighted by molar-refractivity contribution is 5.87. The maximum absolute atomic E-state index is 11.2. The van der Waals surface area contributed by atoms with Crippen LogP contribution in [0, 0.1) is 0 Å². The summed E-state index contributed by atoms with van der Waals surface area (Å²) in [6.07, 6.45) is 3.25. The van der Waals surface area contributed by atoms with Crippen LogP contribution in [-0.2, 0) is 19.1 Å². The van der Waals surface area contributed by atoms with E-state index < -0.39 is 30.6 Å². The van der Waals surface area contributed by atoms with Gasteiger partial charge in [0.1, 0.15) is 0 Å². The van der Waals surface area contributed by atoms with Gasteiger partial charge in [0.25, 0.3) is 0 Å². The summed E-state index contributed by atoms with van der Waals surface area (Å²) in [4.78, 5) is 32.4. The summed E-state index contributed by atoms with van der Waals surface area (Å²) in [7, 11) is 0. The number of aliphatic hydroxyl groups is 2. The van der Waals surface area contributed by atoms with Crippen molar-refractivity contribution in [1.29, 1.82) is 0 Å². The zero-order valence-corrected chi connectivity index (χ0v) is 11.4. The van der Waals surface area contributed by atoms with Crippen LogP contribution in [0.25, 0.3) is 0 Å². The number of carboxylic acids is 1. The summed E-state index contributed by atoms with van der Waals surface area (Å²) in [5.74, 6) is -2.64. The zero-order valence-electron chi connectivity index (χ0n) is 11.4. The molecule has 7 nitrogen and oxygen atoms in total. The Hall–Kier alpha value is -1.47. The molecular formula is C13H22O7. The van der Waals surface area contributed by atoms with Gasteiger partial charge in [-0.05, 0) is 12.8 Å². The van der Waals surface area contributed by atoms with Gasteiger partial charge < -0.3 is 20.1 Å². The van der Waals surface area contributed by atoms with E-state index in [-0.39, 0.29) is 12.8 Å². The molecule has 116 valence electrons. The Labute approximate surface area is 117 Å². The summed E-state index contributed by atoms with van der Waals surface area (Å²) in [6, 6.07) is 0. The molecule has 1 atom stereocenters. The number of carbonyl (C=O) groups is 3. The van der Waals surface area contributed by atoms with Gasteiger partial charge in [-0.15, -0.1) is 0 Å². The summed E-state index contributed by atoms with van der Waals surface area (Å²) < 4.78 is 4.32. The smallest absolute Gasteiger partial charge is 0.345 e. The fraction of sp³-hybridized carbons (Fsp3) is 0.769. The van der Waals surface area contributed by atoms with Crippen molar-refractivity contribution >= 4 is 17.9 Å². The summed E-state index contributed by atoms with van der Waals surface area (Å²) in [5.41, 5.74) is 0. The first kappa shape index (κ1) is 18.5. The van der Waals surface area contributed by atoms with Crippen LogP contribution in [0.1, 0.15) is 51.4 Å². The topological polar surface area (TPSA) is 121 Å². The second kappa shape index (κ2) is 11.4. The second-order valence-corrected chi connectivity index (χ2v) is 4.51. The van der Waals surface area contributed by atoms with Gasteiger partial charge in [0.2, 0.25) is 0 Å². The predicted molar refractivity (Wildman–Crippen MR) is 68.8 cm³/mol. The molecule has 0 aliphatic carbocycles. The number of hydrogen-bond acceptors (Lipinski definition) is 6. The van der Waals surface area contributed by atoms with Crippen LogP contribution in [-0.4, -0.2) is 45.9 Å². The normalized spacial score (nSPS) is 11.9. The Morgan fingerprint density at radius 3 is 1.90 bits per heavy atom. The molecule has 1 unspecified atom stereocenters. The molecule has 0 spiro atoms. The maximum Gasteiger partial charge on any atom is 0.345 e. The van der Waals surface area contributed by atoms with Crippen molar-refractivity contribution in [2.75, 3.05) is 6.61 Å². The van der Waals surface area contributed by atoms with Gasteiger partial charge in [0.05, 0.1) is 6.61 Å². The number of rotatable bonds is 11. The maximum atomic E-state index is 11.2. The van der Waals surface area contributed by atoms with Crippen molar-refractivity contribution in [2.45, 2.75) is 57.5 Å². The average molecular weight is 290 g/mol. The number of hydrogen-bond donors (Lipinski definition) is 3. The van der Waals surface area contributed by atoms with Gasteiger partial charge >= 0.3 is 17.9 Å². The monoisotopic (exact) mass is 290 g/mol. The molecule has 0 heterocycles. The van der Waals surface area contributed by atoms with Gasteiger partial charge in [-0.2, -0.15) is 0 Å². The summed E-state index contributed by atoms with van der Waals surface area (Å²) in [5, 5.41) is 25.8. The predicted octanol–water partition coefficient (Wildman–Crippen LogP) is 0.615. The SMILES string of the molecule is O=C(O)CCCCCCCCC(=O)OC(=O)C(O)CO. The average Bonchev–Trinajstić information content (AvgIpc) is 2.40. The zero-order chi connectivity index (χ0) is 15.4. The molecule has 0 rings (SSSR count). The first-order chi connectivity index (χ1) is 9.47. The minimum Gasteiger partial charge on any atom is -0.481 e. The lowest BCUT2D eigenvalue weighted by molar-refractivity contribution is -0.167. The van der Waals surface area contributed by atoms with E-state index in [1.807, 2.05) is 0 Å². The van der Waals surface area contributed by atoms with E-state index in [4.69, 9.17) is 15.3 Å². The van der Waals surface area contributed by atoms with Crippen molar-refractivity contribution in [2.24, 2.45) is 0 Å². The molecule has 0 aromatic heterocycles. The Morgan fingerprint density at radius 2 is 1.40 bits per heavy atom. The van der Waals surface area contributed by atoms with Crippen LogP contribution in [0.2, 0.25) is 0 Å². The second-order valence-electron chi connectivity index (χ2n) is 4.51. The molecular weight excluding hydrogens is 268 g/mol. The molecule has 0 radical (unpaired) electrons. The third kappa shape index (κ3) is 10.5. The number of unbranched alkanes of at least 4 members (excludes halogenated alkanes) is 5. The highest BCUT2D eigenvalue weighted by atomic mass is 16.6. The Balaban J connectivity index is 3.44. The van der Waals surface area contributed by atoms with Gasteiger partial charge in [-0.3, -0.25) is 9.59 Å². The van der Waals surface area contributed by atoms with Crippen LogP contribution in [0.3, 0.4) is 0 Å². The number of carbonyl (C=O) groups excluding carboxylic acids is 2. The first-order valence-corrected chi connectivity index (χ1v) is 6.72. The first-order valence-electron chi connectivity index (χ1n) is 6.72. The van der Waals surface area contributed by atoms with Crippen LogP contribution in [0.5, 0.6) is 0 Å². The van der Waals surface area contributed by atoms with Gasteiger partial charge in [0, 0.05) is 12.8 Å². The van der Waals surface area contributed by atoms with Crippen molar-refractivity contribution in [3.8, 4) is 0 Å². The van der Waals surface area contributed by atoms with Gasteiger partial charge in [0.15, 0.2) is 6.10 Å². The molecule has 0 aromatic carbocycles. The molecule has 7 heteroatoms. The number of aliphatic hydroxyl groups excluding tert-OH is 2. The minimum absolute atomic E-state index is 0.0824. The summed E-state index contributed by atoms with van der Waals surface area (Å²) >= 11 is 0. The largest absolute Gasteiger partial charge is 0.481 e. The molecule has 0 aliphatic rings. The van der Waals surface area contributed by atoms with Crippen molar-refractivity contribution in [3.05, 3.63) is 0 Å². The standard InChI is InChI=1S/C13H22O7/c14-9-10(15)13(19)20-12(18)8-6-4-2-1-3-5-7-11(16)17/h10,14-15H,1-9H2,(H,16,17). The molecule has 0 bridgehead atoms. The van der Waals surface area contributed by atoms with E-state index in [0.29, 0.717) is 12.8 Å². The third-order valence-electron chi connectivity index (χ3n) is 2.68. The van der Waals surface area contributed by atoms with Crippen LogP contribution >= 0.6 is 0 Å². The van der Waals surface area contributed by atoms with Crippen LogP contribution in [0.15, 0.2) is 0 Å². The van der Waals surface area contributed by atoms with E-state index in [2.05, 4.69) is 4.74 Å². The molecule has 0 aromatic rings. The van der Waals surface area contributed by atoms with Crippen molar-refractivity contribution < 1.29 is 34.4 Å². The van der Waals surface area contributed by atoms with E-state index in [1.165, 1.54) is 0 Å². The minimum atomic E-state index is -1.67. The molecule has 0 saturated heterocycles. The van der Waals surface area contributed by atoms with Crippen molar-refractivity contribution in [3.63, 3.8) is 0 Å². The molecule has 0 amide bonds. The highest BCUT2D eigenvalue weighted by Crippen LogP contribution is 2.09. The molecule has 3 N–H and O–H groups in total. The van der Waals surface area contributed by atoms with Crippen LogP contribution < -0.4 is 0 Å². The molecule has 0 saturated carbocycles. The fourth-order valence-electron chi connectivity index (χ4n) is 1.56. The third-order valence-corrected chi connectivity index (χ3v) is 2.68. The highest BCUT2D eigenvalue weighted by Gasteiger charge is 2.18. The van der Waals surface area contributed by atoms with E-state index in [9.17, 15) is 14.4 Å². The molecule has 0 fully saturated rings. The lowest BCUT2D eigenvalue weighted by Gasteiger charge is -2.06. The van der Waals surface area contributed by atoms with Gasteiger partial charge in [-0.25, -0.2) is 4.79 Å². The van der Waals surface area contributed by atoms with Crippen LogP contribution in [0.4, 0.5) is 0 Å². The van der Waals surface area contributed by atoms with E-state index in [1.54, 1.807) is 0 Å². The Morgan fingerprint density at radius 1 is 0.900 bits per heavy atom. The van der Waals surface area contributed by atoms with E-state index >= 15 is 0 Å². The Kier molecular flexibility index (Phi) is 10.5. The number of carboxylic acid groups (broad SMARTS) is 1. The summed E-state index contributed by atoms with van der Waals surface area (Å²) in [6.45, 7) is -0.775. The lowest BCUT2D eigenvalue weighted by atomic mass is 10.1. The number of esters is 2. The number of aliphatic carboxylic acids is 1. The lowest BCUT2D eigenvalue weighted by Crippen LogP contribution is -2.28. The number of ether oxygens (including phenoxy) is 1. The van der Waals surface area contributed by atoms with Gasteiger partial charge in [-0.1, -0.05) is 25.7 Å². The molecule has 20 heavy (non-hydrogen) atoms. The van der Waals surface area contributed by atoms with E-state index in [0.717, 1.165) is 25.7 Å². The quantitative estimate of drug-likeness (QED) is 0.289.